The fourth-order valence-electron chi connectivity index (χ4n) is 1.75. The fourth-order valence-corrected chi connectivity index (χ4v) is 1.75. The highest BCUT2D eigenvalue weighted by Crippen LogP contribution is 2.18. The Morgan fingerprint density at radius 1 is 1.75 bits per heavy atom. The minimum atomic E-state index is 0.142. The largest absolute Gasteiger partial charge is 0.329 e. The van der Waals surface area contributed by atoms with Gasteiger partial charge in [-0.1, -0.05) is 6.08 Å². The molecule has 70 valence electrons. The second-order valence-corrected chi connectivity index (χ2v) is 3.64. The average molecular weight is 169 g/mol. The van der Waals surface area contributed by atoms with Gasteiger partial charge in [0.1, 0.15) is 0 Å². The van der Waals surface area contributed by atoms with Crippen molar-refractivity contribution in [3.63, 3.8) is 0 Å². The van der Waals surface area contributed by atoms with Gasteiger partial charge in [0.05, 0.1) is 0 Å². The highest BCUT2D eigenvalue weighted by Gasteiger charge is 2.34. The molecular weight excluding hydrogens is 150 g/mol. The number of rotatable bonds is 4. The Kier molecular flexibility index (Phi) is 3.26. The Hall–Kier alpha value is -0.380. The molecule has 3 N–H and O–H groups in total. The third kappa shape index (κ3) is 2.06. The van der Waals surface area contributed by atoms with E-state index in [1.54, 1.807) is 0 Å². The summed E-state index contributed by atoms with van der Waals surface area (Å²) in [5, 5.41) is 3.44. The van der Waals surface area contributed by atoms with Crippen LogP contribution in [0, 0.1) is 0 Å². The van der Waals surface area contributed by atoms with E-state index < -0.39 is 0 Å². The van der Waals surface area contributed by atoms with E-state index in [4.69, 9.17) is 5.73 Å². The molecule has 1 fully saturated rings. The lowest BCUT2D eigenvalue weighted by Gasteiger charge is -2.28. The molecule has 1 rings (SSSR count). The highest BCUT2D eigenvalue weighted by molar-refractivity contribution is 4.98. The molecule has 0 radical (unpaired) electrons. The summed E-state index contributed by atoms with van der Waals surface area (Å²) in [6, 6.07) is 0. The van der Waals surface area contributed by atoms with Crippen molar-refractivity contribution in [1.82, 2.24) is 10.2 Å². The van der Waals surface area contributed by atoms with E-state index in [0.29, 0.717) is 6.54 Å². The van der Waals surface area contributed by atoms with Crippen LogP contribution in [-0.4, -0.2) is 43.7 Å². The molecule has 1 aliphatic heterocycles. The Morgan fingerprint density at radius 3 is 2.92 bits per heavy atom. The molecule has 0 aromatic carbocycles. The van der Waals surface area contributed by atoms with Crippen LogP contribution in [0.4, 0.5) is 0 Å². The van der Waals surface area contributed by atoms with Crippen LogP contribution in [-0.2, 0) is 0 Å². The van der Waals surface area contributed by atoms with Gasteiger partial charge in [0.25, 0.3) is 0 Å². The topological polar surface area (TPSA) is 41.3 Å². The minimum absolute atomic E-state index is 0.142. The summed E-state index contributed by atoms with van der Waals surface area (Å²) >= 11 is 0. The SMILES string of the molecule is C=CCNC1(CN)CCN(C)C1. The highest BCUT2D eigenvalue weighted by atomic mass is 15.2. The van der Waals surface area contributed by atoms with Gasteiger partial charge >= 0.3 is 0 Å². The smallest absolute Gasteiger partial charge is 0.0447 e. The number of likely N-dealkylation sites (N-methyl/N-ethyl adjacent to an activating group) is 1. The van der Waals surface area contributed by atoms with Gasteiger partial charge in [-0.25, -0.2) is 0 Å². The zero-order valence-electron chi connectivity index (χ0n) is 7.84. The van der Waals surface area contributed by atoms with Crippen molar-refractivity contribution in [2.24, 2.45) is 5.73 Å². The molecule has 0 amide bonds. The van der Waals surface area contributed by atoms with Crippen LogP contribution in [0.15, 0.2) is 12.7 Å². The molecule has 12 heavy (non-hydrogen) atoms. The molecule has 1 aliphatic rings. The first kappa shape index (κ1) is 9.71. The standard InChI is InChI=1S/C9H19N3/c1-3-5-11-9(7-10)4-6-12(2)8-9/h3,11H,1,4-8,10H2,2H3. The Balaban J connectivity index is 2.46. The summed E-state index contributed by atoms with van der Waals surface area (Å²) in [5.74, 6) is 0. The zero-order chi connectivity index (χ0) is 9.03. The van der Waals surface area contributed by atoms with E-state index in [1.165, 1.54) is 0 Å². The minimum Gasteiger partial charge on any atom is -0.329 e. The number of hydrogen-bond acceptors (Lipinski definition) is 3. The third-order valence-electron chi connectivity index (χ3n) is 2.56. The summed E-state index contributed by atoms with van der Waals surface area (Å²) in [6.07, 6.45) is 3.03. The fraction of sp³-hybridized carbons (Fsp3) is 0.778. The van der Waals surface area contributed by atoms with Crippen LogP contribution in [0.25, 0.3) is 0 Å². The van der Waals surface area contributed by atoms with Crippen molar-refractivity contribution < 1.29 is 0 Å². The molecule has 0 aromatic rings. The summed E-state index contributed by atoms with van der Waals surface area (Å²) < 4.78 is 0. The van der Waals surface area contributed by atoms with Crippen molar-refractivity contribution in [1.29, 1.82) is 0 Å². The van der Waals surface area contributed by atoms with Crippen LogP contribution < -0.4 is 11.1 Å². The molecule has 1 heterocycles. The first-order valence-electron chi connectivity index (χ1n) is 4.47. The number of likely N-dealkylation sites (tertiary alicyclic amines) is 1. The number of nitrogens with two attached hydrogens (primary N) is 1. The molecular formula is C9H19N3. The lowest BCUT2D eigenvalue weighted by atomic mass is 9.99. The lowest BCUT2D eigenvalue weighted by molar-refractivity contribution is 0.326. The van der Waals surface area contributed by atoms with Crippen molar-refractivity contribution in [3.05, 3.63) is 12.7 Å². The van der Waals surface area contributed by atoms with Crippen LogP contribution >= 0.6 is 0 Å². The normalized spacial score (nSPS) is 30.8. The second-order valence-electron chi connectivity index (χ2n) is 3.64. The first-order valence-corrected chi connectivity index (χ1v) is 4.47. The van der Waals surface area contributed by atoms with Crippen molar-refractivity contribution in [2.75, 3.05) is 33.2 Å². The Labute approximate surface area is 74.6 Å². The second kappa shape index (κ2) is 4.03. The zero-order valence-corrected chi connectivity index (χ0v) is 7.84. The summed E-state index contributed by atoms with van der Waals surface area (Å²) in [7, 11) is 2.13. The molecule has 3 nitrogen and oxygen atoms in total. The van der Waals surface area contributed by atoms with Crippen LogP contribution in [0.1, 0.15) is 6.42 Å². The Morgan fingerprint density at radius 2 is 2.50 bits per heavy atom. The van der Waals surface area contributed by atoms with Gasteiger partial charge in [-0.15, -0.1) is 6.58 Å². The molecule has 3 heteroatoms. The van der Waals surface area contributed by atoms with Crippen LogP contribution in [0.3, 0.4) is 0 Å². The van der Waals surface area contributed by atoms with Gasteiger partial charge in [-0.2, -0.15) is 0 Å². The van der Waals surface area contributed by atoms with E-state index in [1.807, 2.05) is 6.08 Å². The number of nitrogens with one attached hydrogen (secondary N) is 1. The maximum Gasteiger partial charge on any atom is 0.0447 e. The molecule has 1 atom stereocenters. The molecule has 1 unspecified atom stereocenters. The van der Waals surface area contributed by atoms with Gasteiger partial charge in [-0.05, 0) is 20.0 Å². The summed E-state index contributed by atoms with van der Waals surface area (Å²) in [5.41, 5.74) is 5.89. The predicted octanol–water partition coefficient (Wildman–Crippen LogP) is -0.205. The van der Waals surface area contributed by atoms with E-state index >= 15 is 0 Å². The van der Waals surface area contributed by atoms with Crippen LogP contribution in [0.2, 0.25) is 0 Å². The Bertz CT molecular complexity index is 158. The van der Waals surface area contributed by atoms with Gasteiger partial charge in [0, 0.05) is 25.2 Å². The molecule has 0 aliphatic carbocycles. The van der Waals surface area contributed by atoms with Crippen molar-refractivity contribution in [3.8, 4) is 0 Å². The maximum atomic E-state index is 5.75. The van der Waals surface area contributed by atoms with Gasteiger partial charge < -0.3 is 16.0 Å². The quantitative estimate of drug-likeness (QED) is 0.572. The molecule has 1 saturated heterocycles. The molecule has 0 spiro atoms. The summed E-state index contributed by atoms with van der Waals surface area (Å²) in [6.45, 7) is 7.45. The van der Waals surface area contributed by atoms with E-state index in [2.05, 4.69) is 23.8 Å². The predicted molar refractivity (Wildman–Crippen MR) is 52.1 cm³/mol. The number of hydrogen-bond donors (Lipinski definition) is 2. The molecule has 0 saturated carbocycles. The van der Waals surface area contributed by atoms with E-state index in [-0.39, 0.29) is 5.54 Å². The van der Waals surface area contributed by atoms with Crippen molar-refractivity contribution in [2.45, 2.75) is 12.0 Å². The monoisotopic (exact) mass is 169 g/mol. The first-order chi connectivity index (χ1) is 5.72. The van der Waals surface area contributed by atoms with E-state index in [9.17, 15) is 0 Å². The van der Waals surface area contributed by atoms with Gasteiger partial charge in [0.15, 0.2) is 0 Å². The lowest BCUT2D eigenvalue weighted by Crippen LogP contribution is -2.52. The average Bonchev–Trinajstić information content (AvgIpc) is 2.45. The van der Waals surface area contributed by atoms with Gasteiger partial charge in [0.2, 0.25) is 0 Å². The molecule has 0 aromatic heterocycles. The summed E-state index contributed by atoms with van der Waals surface area (Å²) in [4.78, 5) is 2.31. The van der Waals surface area contributed by atoms with Crippen LogP contribution in [0.5, 0.6) is 0 Å². The van der Waals surface area contributed by atoms with E-state index in [0.717, 1.165) is 26.1 Å². The van der Waals surface area contributed by atoms with Crippen molar-refractivity contribution >= 4 is 0 Å². The maximum absolute atomic E-state index is 5.75. The molecule has 0 bridgehead atoms. The van der Waals surface area contributed by atoms with Gasteiger partial charge in [-0.3, -0.25) is 0 Å². The third-order valence-corrected chi connectivity index (χ3v) is 2.56. The number of nitrogens with zero attached hydrogens (tertiary/aromatic N) is 1.